The predicted molar refractivity (Wildman–Crippen MR) is 103 cm³/mol. The van der Waals surface area contributed by atoms with Crippen molar-refractivity contribution in [2.24, 2.45) is 0 Å². The van der Waals surface area contributed by atoms with Crippen LogP contribution in [0.4, 0.5) is 5.82 Å². The van der Waals surface area contributed by atoms with Crippen molar-refractivity contribution in [1.82, 2.24) is 4.98 Å². The normalized spacial score (nSPS) is 11.2. The average Bonchev–Trinajstić information content (AvgIpc) is 2.66. The Morgan fingerprint density at radius 3 is 1.62 bits per heavy atom. The van der Waals surface area contributed by atoms with E-state index in [1.165, 1.54) is 11.8 Å². The van der Waals surface area contributed by atoms with E-state index in [1.54, 1.807) is 0 Å². The molecule has 1 aromatic heterocycles. The summed E-state index contributed by atoms with van der Waals surface area (Å²) >= 11 is 0. The van der Waals surface area contributed by atoms with Crippen molar-refractivity contribution >= 4 is 29.7 Å². The summed E-state index contributed by atoms with van der Waals surface area (Å²) in [4.78, 5) is 52.3. The van der Waals surface area contributed by atoms with Gasteiger partial charge < -0.3 is 25.3 Å². The van der Waals surface area contributed by atoms with Gasteiger partial charge in [0.1, 0.15) is 17.9 Å². The van der Waals surface area contributed by atoms with E-state index in [1.807, 2.05) is 20.8 Å². The number of aliphatic carboxylic acids is 1. The summed E-state index contributed by atoms with van der Waals surface area (Å²) in [6.07, 6.45) is 1.24. The lowest BCUT2D eigenvalue weighted by Crippen LogP contribution is -2.51. The summed E-state index contributed by atoms with van der Waals surface area (Å²) in [6.45, 7) is 6.32. The van der Waals surface area contributed by atoms with Crippen LogP contribution in [0, 0.1) is 0 Å². The van der Waals surface area contributed by atoms with Gasteiger partial charge in [0.05, 0.1) is 5.56 Å². The van der Waals surface area contributed by atoms with Crippen LogP contribution < -0.4 is 4.90 Å². The number of rotatable bonds is 11. The van der Waals surface area contributed by atoms with Gasteiger partial charge in [0.2, 0.25) is 0 Å². The van der Waals surface area contributed by atoms with Gasteiger partial charge in [-0.3, -0.25) is 4.79 Å². The topological polar surface area (TPSA) is 165 Å². The van der Waals surface area contributed by atoms with Crippen LogP contribution in [0.15, 0.2) is 0 Å². The Morgan fingerprint density at radius 1 is 0.828 bits per heavy atom. The highest BCUT2D eigenvalue weighted by Crippen LogP contribution is 2.36. The average molecular weight is 410 g/mol. The molecule has 0 aliphatic heterocycles. The first-order chi connectivity index (χ1) is 13.5. The van der Waals surface area contributed by atoms with Crippen LogP contribution in [0.2, 0.25) is 0 Å². The zero-order valence-electron chi connectivity index (χ0n) is 16.9. The van der Waals surface area contributed by atoms with Gasteiger partial charge in [-0.1, -0.05) is 27.7 Å². The number of hydrogen-bond acceptors (Lipinski definition) is 6. The Bertz CT molecular complexity index is 822. The molecule has 10 nitrogen and oxygen atoms in total. The molecule has 0 atom stereocenters. The summed E-state index contributed by atoms with van der Waals surface area (Å²) in [7, 11) is 0. The second-order valence-electron chi connectivity index (χ2n) is 6.55. The van der Waals surface area contributed by atoms with Crippen molar-refractivity contribution in [3.05, 3.63) is 22.4 Å². The van der Waals surface area contributed by atoms with Crippen molar-refractivity contribution in [2.45, 2.75) is 58.9 Å². The number of aromatic nitrogens is 1. The Labute approximate surface area is 167 Å². The van der Waals surface area contributed by atoms with Crippen molar-refractivity contribution in [3.63, 3.8) is 0 Å². The minimum absolute atomic E-state index is 0.0860. The fraction of sp³-hybridized carbons (Fsp3) is 0.526. The van der Waals surface area contributed by atoms with Crippen LogP contribution in [-0.4, -0.2) is 61.4 Å². The summed E-state index contributed by atoms with van der Waals surface area (Å²) in [5.41, 5.74) is -3.02. The molecule has 0 spiro atoms. The van der Waals surface area contributed by atoms with Gasteiger partial charge in [-0.2, -0.15) is 0 Å². The zero-order valence-corrected chi connectivity index (χ0v) is 16.9. The molecule has 1 heterocycles. The molecule has 0 saturated heterocycles. The number of anilines is 1. The highest BCUT2D eigenvalue weighted by Gasteiger charge is 2.39. The third-order valence-corrected chi connectivity index (χ3v) is 5.36. The van der Waals surface area contributed by atoms with Crippen LogP contribution in [0.3, 0.4) is 0 Å². The molecule has 0 aliphatic rings. The lowest BCUT2D eigenvalue weighted by molar-refractivity contribution is -0.135. The summed E-state index contributed by atoms with van der Waals surface area (Å²) < 4.78 is 0. The lowest BCUT2D eigenvalue weighted by Gasteiger charge is -2.43. The monoisotopic (exact) mass is 410 g/mol. The van der Waals surface area contributed by atoms with Crippen molar-refractivity contribution in [1.29, 1.82) is 0 Å². The van der Waals surface area contributed by atoms with E-state index in [2.05, 4.69) is 4.98 Å². The molecule has 160 valence electrons. The zero-order chi connectivity index (χ0) is 22.5. The highest BCUT2D eigenvalue weighted by atomic mass is 16.4. The summed E-state index contributed by atoms with van der Waals surface area (Å²) in [6, 6.07) is 0. The first-order valence-electron chi connectivity index (χ1n) is 9.27. The number of carbonyl (C=O) groups is 4. The molecular weight excluding hydrogens is 384 g/mol. The van der Waals surface area contributed by atoms with Gasteiger partial charge in [0, 0.05) is 5.54 Å². The third-order valence-electron chi connectivity index (χ3n) is 5.36. The summed E-state index contributed by atoms with van der Waals surface area (Å²) in [5, 5.41) is 38.3. The molecule has 0 saturated carbocycles. The summed E-state index contributed by atoms with van der Waals surface area (Å²) in [5.74, 6) is -6.35. The van der Waals surface area contributed by atoms with Gasteiger partial charge in [-0.25, -0.2) is 19.4 Å². The van der Waals surface area contributed by atoms with E-state index >= 15 is 0 Å². The maximum Gasteiger partial charge on any atom is 0.355 e. The largest absolute Gasteiger partial charge is 0.480 e. The van der Waals surface area contributed by atoms with E-state index < -0.39 is 52.8 Å². The van der Waals surface area contributed by atoms with E-state index in [9.17, 15) is 39.6 Å². The minimum Gasteiger partial charge on any atom is -0.480 e. The Morgan fingerprint density at radius 2 is 1.31 bits per heavy atom. The molecule has 0 amide bonds. The molecule has 10 heteroatoms. The van der Waals surface area contributed by atoms with Gasteiger partial charge in [0.25, 0.3) is 0 Å². The molecule has 0 radical (unpaired) electrons. The molecule has 4 N–H and O–H groups in total. The van der Waals surface area contributed by atoms with Crippen LogP contribution in [0.1, 0.15) is 83.7 Å². The number of carboxylic acids is 4. The van der Waals surface area contributed by atoms with Crippen molar-refractivity contribution in [3.8, 4) is 0 Å². The fourth-order valence-electron chi connectivity index (χ4n) is 3.70. The second-order valence-corrected chi connectivity index (χ2v) is 6.55. The van der Waals surface area contributed by atoms with E-state index in [-0.39, 0.29) is 17.8 Å². The molecular formula is C19H26N2O8. The maximum absolute atomic E-state index is 12.1. The molecule has 0 aliphatic carbocycles. The molecule has 0 aromatic carbocycles. The van der Waals surface area contributed by atoms with Gasteiger partial charge in [0.15, 0.2) is 5.69 Å². The van der Waals surface area contributed by atoms with Crippen molar-refractivity contribution < 1.29 is 39.6 Å². The van der Waals surface area contributed by atoms with Crippen LogP contribution in [-0.2, 0) is 11.2 Å². The molecule has 0 fully saturated rings. The quantitative estimate of drug-likeness (QED) is 0.426. The molecule has 0 unspecified atom stereocenters. The number of aromatic carboxylic acids is 3. The van der Waals surface area contributed by atoms with Crippen molar-refractivity contribution in [2.75, 3.05) is 11.4 Å². The van der Waals surface area contributed by atoms with E-state index in [0.717, 1.165) is 0 Å². The second kappa shape index (κ2) is 9.35. The van der Waals surface area contributed by atoms with Crippen LogP contribution in [0.5, 0.6) is 0 Å². The SMILES string of the molecule is CCc1c(C(=O)O)c(C(=O)O)nc(N(CC(=O)O)C(CC)(CC)CC)c1C(=O)O. The van der Waals surface area contributed by atoms with E-state index in [0.29, 0.717) is 19.3 Å². The number of hydrogen-bond donors (Lipinski definition) is 4. The Kier molecular flexibility index (Phi) is 7.70. The molecule has 1 aromatic rings. The standard InChI is InChI=1S/C19H26N2O8/c1-5-10-12(16(24)25)14(18(28)29)20-15(13(10)17(26)27)21(9-11(22)23)19(6-2,7-3)8-4/h5-9H2,1-4H3,(H,22,23)(H,24,25)(H,26,27)(H,28,29). The van der Waals surface area contributed by atoms with Gasteiger partial charge in [-0.05, 0) is 31.2 Å². The Balaban J connectivity index is 4.15. The molecule has 0 bridgehead atoms. The van der Waals surface area contributed by atoms with Gasteiger partial charge in [-0.15, -0.1) is 0 Å². The van der Waals surface area contributed by atoms with Gasteiger partial charge >= 0.3 is 23.9 Å². The smallest absolute Gasteiger partial charge is 0.355 e. The van der Waals surface area contributed by atoms with Crippen LogP contribution >= 0.6 is 0 Å². The third kappa shape index (κ3) is 4.47. The number of pyridine rings is 1. The molecule has 1 rings (SSSR count). The highest BCUT2D eigenvalue weighted by molar-refractivity contribution is 6.06. The van der Waals surface area contributed by atoms with Crippen LogP contribution in [0.25, 0.3) is 0 Å². The van der Waals surface area contributed by atoms with E-state index in [4.69, 9.17) is 0 Å². The molecule has 29 heavy (non-hydrogen) atoms. The minimum atomic E-state index is -1.64. The Hall–Kier alpha value is -3.17. The number of nitrogens with zero attached hydrogens (tertiary/aromatic N) is 2. The first-order valence-corrected chi connectivity index (χ1v) is 9.27. The predicted octanol–water partition coefficient (Wildman–Crippen LogP) is 2.60. The first kappa shape index (κ1) is 23.9. The lowest BCUT2D eigenvalue weighted by atomic mass is 9.86. The number of carboxylic acid groups (broad SMARTS) is 4. The maximum atomic E-state index is 12.1. The fourth-order valence-corrected chi connectivity index (χ4v) is 3.70.